The number of pyridine rings is 1. The quantitative estimate of drug-likeness (QED) is 0.552. The Morgan fingerprint density at radius 2 is 1.88 bits per heavy atom. The van der Waals surface area contributed by atoms with Crippen LogP contribution in [0.25, 0.3) is 0 Å². The first-order chi connectivity index (χ1) is 8.36. The van der Waals surface area contributed by atoms with Gasteiger partial charge in [-0.25, -0.2) is 9.63 Å². The fourth-order valence-electron chi connectivity index (χ4n) is 2.40. The van der Waals surface area contributed by atoms with E-state index in [1.54, 1.807) is 12.3 Å². The minimum absolute atomic E-state index is 0.708. The smallest absolute Gasteiger partial charge is 0.284 e. The fourth-order valence-corrected chi connectivity index (χ4v) is 2.40. The van der Waals surface area contributed by atoms with Gasteiger partial charge in [-0.15, -0.1) is 0 Å². The molecule has 0 amide bonds. The molecule has 0 spiro atoms. The SMILES string of the molecule is [O-][n+]1ccccc1N1CCCc2ccccc21. The van der Waals surface area contributed by atoms with Crippen LogP contribution in [0.5, 0.6) is 0 Å². The minimum atomic E-state index is 0.708. The Morgan fingerprint density at radius 1 is 1.06 bits per heavy atom. The van der Waals surface area contributed by atoms with Crippen LogP contribution in [0.3, 0.4) is 0 Å². The van der Waals surface area contributed by atoms with Crippen molar-refractivity contribution in [2.24, 2.45) is 0 Å². The van der Waals surface area contributed by atoms with Crippen molar-refractivity contribution >= 4 is 11.5 Å². The van der Waals surface area contributed by atoms with Crippen LogP contribution in [-0.4, -0.2) is 6.54 Å². The number of anilines is 2. The molecule has 0 N–H and O–H groups in total. The van der Waals surface area contributed by atoms with Crippen molar-refractivity contribution in [2.45, 2.75) is 12.8 Å². The Balaban J connectivity index is 2.09. The van der Waals surface area contributed by atoms with Crippen molar-refractivity contribution in [1.29, 1.82) is 0 Å². The second-order valence-electron chi connectivity index (χ2n) is 4.27. The van der Waals surface area contributed by atoms with Gasteiger partial charge in [-0.05, 0) is 30.5 Å². The van der Waals surface area contributed by atoms with E-state index in [1.165, 1.54) is 5.56 Å². The molecule has 2 heterocycles. The Kier molecular flexibility index (Phi) is 2.44. The summed E-state index contributed by atoms with van der Waals surface area (Å²) in [6.07, 6.45) is 3.73. The minimum Gasteiger partial charge on any atom is -0.711 e. The second kappa shape index (κ2) is 4.09. The first-order valence-electron chi connectivity index (χ1n) is 5.90. The highest BCUT2D eigenvalue weighted by Gasteiger charge is 2.25. The molecule has 1 aromatic heterocycles. The molecule has 0 atom stereocenters. The van der Waals surface area contributed by atoms with Crippen LogP contribution >= 0.6 is 0 Å². The first kappa shape index (κ1) is 10.1. The summed E-state index contributed by atoms with van der Waals surface area (Å²) in [4.78, 5) is 2.10. The Morgan fingerprint density at radius 3 is 2.76 bits per heavy atom. The third-order valence-electron chi connectivity index (χ3n) is 3.19. The molecule has 0 bridgehead atoms. The number of hydrogen-bond donors (Lipinski definition) is 0. The summed E-state index contributed by atoms with van der Waals surface area (Å²) >= 11 is 0. The summed E-state index contributed by atoms with van der Waals surface area (Å²) in [5.74, 6) is 0.708. The maximum Gasteiger partial charge on any atom is 0.284 e. The van der Waals surface area contributed by atoms with Crippen molar-refractivity contribution in [3.8, 4) is 0 Å². The zero-order valence-corrected chi connectivity index (χ0v) is 9.54. The number of aryl methyl sites for hydroxylation is 1. The van der Waals surface area contributed by atoms with Gasteiger partial charge in [-0.2, -0.15) is 0 Å². The summed E-state index contributed by atoms with van der Waals surface area (Å²) in [5.41, 5.74) is 2.48. The third-order valence-corrected chi connectivity index (χ3v) is 3.19. The van der Waals surface area contributed by atoms with E-state index in [0.29, 0.717) is 5.82 Å². The van der Waals surface area contributed by atoms with E-state index in [9.17, 15) is 5.21 Å². The van der Waals surface area contributed by atoms with Crippen LogP contribution in [-0.2, 0) is 6.42 Å². The summed E-state index contributed by atoms with van der Waals surface area (Å²) < 4.78 is 0.933. The molecule has 86 valence electrons. The Hall–Kier alpha value is -2.03. The van der Waals surface area contributed by atoms with E-state index in [4.69, 9.17) is 0 Å². The van der Waals surface area contributed by atoms with E-state index < -0.39 is 0 Å². The largest absolute Gasteiger partial charge is 0.711 e. The van der Waals surface area contributed by atoms with Gasteiger partial charge in [0.15, 0.2) is 0 Å². The molecule has 2 aromatic rings. The molecular formula is C14H14N2O. The van der Waals surface area contributed by atoms with E-state index in [0.717, 1.165) is 29.8 Å². The molecule has 0 radical (unpaired) electrons. The number of fused-ring (bicyclic) bond motifs is 1. The van der Waals surface area contributed by atoms with E-state index in [-0.39, 0.29) is 0 Å². The van der Waals surface area contributed by atoms with Gasteiger partial charge in [-0.1, -0.05) is 24.3 Å². The standard InChI is InChI=1S/C14H14N2O/c17-16-11-4-3-9-14(16)15-10-5-7-12-6-1-2-8-13(12)15/h1-4,6,8-9,11H,5,7,10H2. The van der Waals surface area contributed by atoms with Crippen LogP contribution in [0.1, 0.15) is 12.0 Å². The summed E-state index contributed by atoms with van der Waals surface area (Å²) in [5, 5.41) is 11.8. The molecule has 3 rings (SSSR count). The van der Waals surface area contributed by atoms with Gasteiger partial charge in [0.1, 0.15) is 5.69 Å². The fraction of sp³-hybridized carbons (Fsp3) is 0.214. The van der Waals surface area contributed by atoms with Gasteiger partial charge >= 0.3 is 0 Å². The van der Waals surface area contributed by atoms with Gasteiger partial charge in [0.25, 0.3) is 5.82 Å². The van der Waals surface area contributed by atoms with Crippen LogP contribution < -0.4 is 9.63 Å². The highest BCUT2D eigenvalue weighted by Crippen LogP contribution is 2.31. The predicted molar refractivity (Wildman–Crippen MR) is 67.2 cm³/mol. The lowest BCUT2D eigenvalue weighted by molar-refractivity contribution is -0.591. The predicted octanol–water partition coefficient (Wildman–Crippen LogP) is 2.40. The summed E-state index contributed by atoms with van der Waals surface area (Å²) in [7, 11) is 0. The molecule has 0 fully saturated rings. The monoisotopic (exact) mass is 226 g/mol. The van der Waals surface area contributed by atoms with Gasteiger partial charge in [0.2, 0.25) is 0 Å². The molecule has 0 aliphatic carbocycles. The second-order valence-corrected chi connectivity index (χ2v) is 4.27. The number of rotatable bonds is 1. The van der Waals surface area contributed by atoms with E-state index >= 15 is 0 Å². The van der Waals surface area contributed by atoms with Gasteiger partial charge in [-0.3, -0.25) is 0 Å². The van der Waals surface area contributed by atoms with E-state index in [1.807, 2.05) is 18.2 Å². The summed E-state index contributed by atoms with van der Waals surface area (Å²) in [6.45, 7) is 0.906. The van der Waals surface area contributed by atoms with Crippen molar-refractivity contribution in [1.82, 2.24) is 0 Å². The molecule has 1 aromatic carbocycles. The third kappa shape index (κ3) is 1.73. The molecular weight excluding hydrogens is 212 g/mol. The maximum absolute atomic E-state index is 11.8. The number of aromatic nitrogens is 1. The maximum atomic E-state index is 11.8. The molecule has 3 nitrogen and oxygen atoms in total. The molecule has 1 aliphatic rings. The van der Waals surface area contributed by atoms with E-state index in [2.05, 4.69) is 23.1 Å². The highest BCUT2D eigenvalue weighted by molar-refractivity contribution is 5.63. The number of para-hydroxylation sites is 1. The lowest BCUT2D eigenvalue weighted by Crippen LogP contribution is -2.37. The average molecular weight is 226 g/mol. The van der Waals surface area contributed by atoms with Crippen molar-refractivity contribution in [3.63, 3.8) is 0 Å². The molecule has 1 aliphatic heterocycles. The van der Waals surface area contributed by atoms with Crippen molar-refractivity contribution < 1.29 is 4.73 Å². The normalized spacial score (nSPS) is 14.5. The Bertz CT molecular complexity index is 539. The van der Waals surface area contributed by atoms with Gasteiger partial charge in [0, 0.05) is 6.07 Å². The zero-order chi connectivity index (χ0) is 11.7. The molecule has 0 saturated heterocycles. The van der Waals surface area contributed by atoms with Crippen LogP contribution in [0.15, 0.2) is 48.7 Å². The van der Waals surface area contributed by atoms with Crippen molar-refractivity contribution in [3.05, 3.63) is 59.4 Å². The van der Waals surface area contributed by atoms with Crippen molar-refractivity contribution in [2.75, 3.05) is 11.4 Å². The van der Waals surface area contributed by atoms with Gasteiger partial charge in [0.05, 0.1) is 12.7 Å². The molecule has 0 unspecified atom stereocenters. The van der Waals surface area contributed by atoms with Crippen LogP contribution in [0, 0.1) is 5.21 Å². The summed E-state index contributed by atoms with van der Waals surface area (Å²) in [6, 6.07) is 13.8. The zero-order valence-electron chi connectivity index (χ0n) is 9.54. The average Bonchev–Trinajstić information content (AvgIpc) is 2.39. The van der Waals surface area contributed by atoms with Gasteiger partial charge < -0.3 is 5.21 Å². The highest BCUT2D eigenvalue weighted by atomic mass is 16.5. The number of benzene rings is 1. The molecule has 17 heavy (non-hydrogen) atoms. The topological polar surface area (TPSA) is 30.2 Å². The molecule has 0 saturated carbocycles. The lowest BCUT2D eigenvalue weighted by Gasteiger charge is -2.26. The number of nitrogens with zero attached hydrogens (tertiary/aromatic N) is 2. The first-order valence-corrected chi connectivity index (χ1v) is 5.90. The molecule has 3 heteroatoms. The number of hydrogen-bond acceptors (Lipinski definition) is 2. The van der Waals surface area contributed by atoms with Crippen LogP contribution in [0.2, 0.25) is 0 Å². The Labute approximate surface area is 101 Å². The lowest BCUT2D eigenvalue weighted by atomic mass is 10.0. The van der Waals surface area contributed by atoms with Crippen LogP contribution in [0.4, 0.5) is 11.5 Å².